The zero-order valence-electron chi connectivity index (χ0n) is 13.6. The van der Waals surface area contributed by atoms with E-state index < -0.39 is 0 Å². The first kappa shape index (κ1) is 16.9. The zero-order chi connectivity index (χ0) is 15.9. The molecule has 122 valence electrons. The Kier molecular flexibility index (Phi) is 6.36. The van der Waals surface area contributed by atoms with Crippen molar-refractivity contribution in [2.45, 2.75) is 32.9 Å². The number of hydrogen-bond donors (Lipinski definition) is 2. The monoisotopic (exact) mass is 305 g/mol. The van der Waals surface area contributed by atoms with Gasteiger partial charge in [-0.15, -0.1) is 0 Å². The number of nitrogens with one attached hydrogen (secondary N) is 1. The first-order valence-corrected chi connectivity index (χ1v) is 8.06. The average molecular weight is 305 g/mol. The lowest BCUT2D eigenvalue weighted by molar-refractivity contribution is -0.114. The second-order valence-electron chi connectivity index (χ2n) is 5.94. The Morgan fingerprint density at radius 1 is 1.32 bits per heavy atom. The fraction of sp³-hybridized carbons (Fsp3) is 0.588. The second kappa shape index (κ2) is 8.27. The fourth-order valence-corrected chi connectivity index (χ4v) is 3.00. The van der Waals surface area contributed by atoms with Crippen LogP contribution in [0.15, 0.2) is 24.3 Å². The molecule has 0 spiro atoms. The molecule has 1 aliphatic heterocycles. The topological polar surface area (TPSA) is 55.8 Å². The molecule has 1 heterocycles. The SMILES string of the molecule is CCC(CO)N1CCN(Cc2cccc(NC(C)=O)c2)CC1. The number of aliphatic hydroxyl groups excluding tert-OH is 1. The van der Waals surface area contributed by atoms with Gasteiger partial charge in [-0.25, -0.2) is 0 Å². The minimum atomic E-state index is -0.0413. The summed E-state index contributed by atoms with van der Waals surface area (Å²) in [4.78, 5) is 15.9. The first-order valence-electron chi connectivity index (χ1n) is 8.06. The largest absolute Gasteiger partial charge is 0.395 e. The maximum absolute atomic E-state index is 11.1. The van der Waals surface area contributed by atoms with E-state index in [1.54, 1.807) is 0 Å². The van der Waals surface area contributed by atoms with Gasteiger partial charge in [0.25, 0.3) is 0 Å². The molecule has 0 aromatic heterocycles. The van der Waals surface area contributed by atoms with Crippen molar-refractivity contribution in [1.29, 1.82) is 0 Å². The van der Waals surface area contributed by atoms with Gasteiger partial charge >= 0.3 is 0 Å². The minimum Gasteiger partial charge on any atom is -0.395 e. The lowest BCUT2D eigenvalue weighted by Crippen LogP contribution is -2.50. The molecule has 1 aromatic carbocycles. The van der Waals surface area contributed by atoms with Gasteiger partial charge in [-0.05, 0) is 24.1 Å². The summed E-state index contributed by atoms with van der Waals surface area (Å²) in [6.07, 6.45) is 0.995. The highest BCUT2D eigenvalue weighted by atomic mass is 16.3. The van der Waals surface area contributed by atoms with Gasteiger partial charge in [0.15, 0.2) is 0 Å². The molecule has 0 saturated carbocycles. The van der Waals surface area contributed by atoms with Gasteiger partial charge in [0.1, 0.15) is 0 Å². The zero-order valence-corrected chi connectivity index (χ0v) is 13.6. The van der Waals surface area contributed by atoms with Crippen molar-refractivity contribution in [1.82, 2.24) is 9.80 Å². The third-order valence-electron chi connectivity index (χ3n) is 4.26. The standard InChI is InChI=1S/C17H27N3O2/c1-3-17(13-21)20-9-7-19(8-10-20)12-15-5-4-6-16(11-15)18-14(2)22/h4-6,11,17,21H,3,7-10,12-13H2,1-2H3,(H,18,22). The van der Waals surface area contributed by atoms with Gasteiger partial charge in [-0.3, -0.25) is 14.6 Å². The van der Waals surface area contributed by atoms with Crippen LogP contribution in [0.2, 0.25) is 0 Å². The van der Waals surface area contributed by atoms with Crippen LogP contribution in [0.25, 0.3) is 0 Å². The van der Waals surface area contributed by atoms with Crippen molar-refractivity contribution in [2.75, 3.05) is 38.1 Å². The highest BCUT2D eigenvalue weighted by Crippen LogP contribution is 2.15. The van der Waals surface area contributed by atoms with E-state index >= 15 is 0 Å². The Hall–Kier alpha value is -1.43. The van der Waals surface area contributed by atoms with E-state index in [1.165, 1.54) is 12.5 Å². The molecule has 1 aromatic rings. The maximum Gasteiger partial charge on any atom is 0.221 e. The summed E-state index contributed by atoms with van der Waals surface area (Å²) in [7, 11) is 0. The van der Waals surface area contributed by atoms with E-state index in [4.69, 9.17) is 0 Å². The Bertz CT molecular complexity index is 481. The molecule has 0 aliphatic carbocycles. The highest BCUT2D eigenvalue weighted by Gasteiger charge is 2.22. The van der Waals surface area contributed by atoms with Crippen LogP contribution in [0.1, 0.15) is 25.8 Å². The first-order chi connectivity index (χ1) is 10.6. The van der Waals surface area contributed by atoms with Gasteiger partial charge < -0.3 is 10.4 Å². The van der Waals surface area contributed by atoms with Crippen LogP contribution < -0.4 is 5.32 Å². The normalized spacial score (nSPS) is 18.1. The lowest BCUT2D eigenvalue weighted by atomic mass is 10.1. The summed E-state index contributed by atoms with van der Waals surface area (Å²) in [5.41, 5.74) is 2.07. The van der Waals surface area contributed by atoms with E-state index in [0.717, 1.165) is 44.8 Å². The molecular formula is C17H27N3O2. The van der Waals surface area contributed by atoms with Crippen LogP contribution in [0.3, 0.4) is 0 Å². The van der Waals surface area contributed by atoms with E-state index in [-0.39, 0.29) is 12.5 Å². The average Bonchev–Trinajstić information content (AvgIpc) is 2.50. The van der Waals surface area contributed by atoms with E-state index in [1.807, 2.05) is 18.2 Å². The molecule has 1 amide bonds. The number of nitrogens with zero attached hydrogens (tertiary/aromatic N) is 2. The fourth-order valence-electron chi connectivity index (χ4n) is 3.00. The summed E-state index contributed by atoms with van der Waals surface area (Å²) in [5, 5.41) is 12.2. The van der Waals surface area contributed by atoms with Crippen molar-refractivity contribution in [3.8, 4) is 0 Å². The Labute approximate surface area is 132 Å². The van der Waals surface area contributed by atoms with Crippen molar-refractivity contribution < 1.29 is 9.90 Å². The molecular weight excluding hydrogens is 278 g/mol. The van der Waals surface area contributed by atoms with E-state index in [9.17, 15) is 9.90 Å². The van der Waals surface area contributed by atoms with Crippen molar-refractivity contribution in [2.24, 2.45) is 0 Å². The van der Waals surface area contributed by atoms with E-state index in [2.05, 4.69) is 28.1 Å². The predicted octanol–water partition coefficient (Wildman–Crippen LogP) is 1.53. The third kappa shape index (κ3) is 4.80. The highest BCUT2D eigenvalue weighted by molar-refractivity contribution is 5.88. The van der Waals surface area contributed by atoms with Crippen LogP contribution in [0.5, 0.6) is 0 Å². The molecule has 2 rings (SSSR count). The quantitative estimate of drug-likeness (QED) is 0.837. The third-order valence-corrected chi connectivity index (χ3v) is 4.26. The number of carbonyl (C=O) groups excluding carboxylic acids is 1. The molecule has 1 unspecified atom stereocenters. The minimum absolute atomic E-state index is 0.0413. The van der Waals surface area contributed by atoms with Gasteiger partial charge in [0.2, 0.25) is 5.91 Å². The molecule has 5 nitrogen and oxygen atoms in total. The Morgan fingerprint density at radius 3 is 2.64 bits per heavy atom. The molecule has 1 aliphatic rings. The molecule has 0 bridgehead atoms. The van der Waals surface area contributed by atoms with Crippen LogP contribution >= 0.6 is 0 Å². The van der Waals surface area contributed by atoms with Crippen LogP contribution in [-0.2, 0) is 11.3 Å². The molecule has 1 saturated heterocycles. The predicted molar refractivity (Wildman–Crippen MR) is 88.8 cm³/mol. The second-order valence-corrected chi connectivity index (χ2v) is 5.94. The number of piperazine rings is 1. The maximum atomic E-state index is 11.1. The summed E-state index contributed by atoms with van der Waals surface area (Å²) in [6.45, 7) is 8.83. The van der Waals surface area contributed by atoms with Gasteiger partial charge in [-0.1, -0.05) is 19.1 Å². The number of amides is 1. The van der Waals surface area contributed by atoms with Crippen LogP contribution in [0.4, 0.5) is 5.69 Å². The van der Waals surface area contributed by atoms with Gasteiger partial charge in [-0.2, -0.15) is 0 Å². The number of benzene rings is 1. The number of rotatable bonds is 6. The van der Waals surface area contributed by atoms with Crippen molar-refractivity contribution in [3.05, 3.63) is 29.8 Å². The molecule has 1 atom stereocenters. The van der Waals surface area contributed by atoms with Crippen LogP contribution in [0, 0.1) is 0 Å². The van der Waals surface area contributed by atoms with Gasteiger partial charge in [0, 0.05) is 51.4 Å². The molecule has 0 radical (unpaired) electrons. The lowest BCUT2D eigenvalue weighted by Gasteiger charge is -2.38. The molecule has 5 heteroatoms. The number of carbonyl (C=O) groups is 1. The summed E-state index contributed by atoms with van der Waals surface area (Å²) in [5.74, 6) is -0.0413. The molecule has 1 fully saturated rings. The summed E-state index contributed by atoms with van der Waals surface area (Å²) in [6, 6.07) is 8.33. The number of hydrogen-bond acceptors (Lipinski definition) is 4. The van der Waals surface area contributed by atoms with Crippen molar-refractivity contribution >= 4 is 11.6 Å². The molecule has 22 heavy (non-hydrogen) atoms. The summed E-state index contributed by atoms with van der Waals surface area (Å²) < 4.78 is 0. The van der Waals surface area contributed by atoms with Gasteiger partial charge in [0.05, 0.1) is 6.61 Å². The molecule has 2 N–H and O–H groups in total. The Balaban J connectivity index is 1.87. The Morgan fingerprint density at radius 2 is 2.05 bits per heavy atom. The van der Waals surface area contributed by atoms with Crippen molar-refractivity contribution in [3.63, 3.8) is 0 Å². The summed E-state index contributed by atoms with van der Waals surface area (Å²) >= 11 is 0. The smallest absolute Gasteiger partial charge is 0.221 e. The number of anilines is 1. The number of aliphatic hydroxyl groups is 1. The van der Waals surface area contributed by atoms with E-state index in [0.29, 0.717) is 6.04 Å². The van der Waals surface area contributed by atoms with Crippen LogP contribution in [-0.4, -0.2) is 59.6 Å².